The average molecular weight is 451 g/mol. The van der Waals surface area contributed by atoms with E-state index >= 15 is 0 Å². The lowest BCUT2D eigenvalue weighted by molar-refractivity contribution is -0.171. The number of alkyl halides is 3. The zero-order chi connectivity index (χ0) is 22.5. The van der Waals surface area contributed by atoms with Crippen LogP contribution >= 0.6 is 0 Å². The summed E-state index contributed by atoms with van der Waals surface area (Å²) >= 11 is 0. The van der Waals surface area contributed by atoms with Gasteiger partial charge >= 0.3 is 6.18 Å². The maximum Gasteiger partial charge on any atom is 0.393 e. The molecule has 7 nitrogen and oxygen atoms in total. The Bertz CT molecular complexity index is 908. The van der Waals surface area contributed by atoms with Crippen molar-refractivity contribution in [3.05, 3.63) is 23.3 Å². The number of hydrogen-bond donors (Lipinski definition) is 0. The molecule has 1 amide bonds. The summed E-state index contributed by atoms with van der Waals surface area (Å²) in [5.74, 6) is -0.00463. The Labute approximate surface area is 185 Å². The molecule has 0 aromatic heterocycles. The standard InChI is InChI=1S/C22H29F3N6O/c1-28-9-6-17-18(7-10-28)27-19-3-2-8-26-31(19)20(17)29-11-4-15(13-29)21(32)30-12-5-16(14-30)22(23,24)25/h3,8,15-16H,2,4-7,9-14H2,1H3. The van der Waals surface area contributed by atoms with E-state index in [2.05, 4.69) is 28.0 Å². The summed E-state index contributed by atoms with van der Waals surface area (Å²) in [7, 11) is 2.11. The Hall–Kier alpha value is -2.36. The molecule has 0 radical (unpaired) electrons. The summed E-state index contributed by atoms with van der Waals surface area (Å²) in [6, 6.07) is 0. The van der Waals surface area contributed by atoms with Crippen molar-refractivity contribution in [1.82, 2.24) is 19.7 Å². The Morgan fingerprint density at radius 3 is 2.69 bits per heavy atom. The van der Waals surface area contributed by atoms with Crippen molar-refractivity contribution in [1.29, 1.82) is 0 Å². The summed E-state index contributed by atoms with van der Waals surface area (Å²) in [4.78, 5) is 23.8. The van der Waals surface area contributed by atoms with Gasteiger partial charge < -0.3 is 14.7 Å². The van der Waals surface area contributed by atoms with Crippen molar-refractivity contribution in [3.8, 4) is 0 Å². The van der Waals surface area contributed by atoms with E-state index in [1.165, 1.54) is 10.5 Å². The molecule has 2 unspecified atom stereocenters. The van der Waals surface area contributed by atoms with E-state index in [-0.39, 0.29) is 31.3 Å². The Balaban J connectivity index is 1.36. The lowest BCUT2D eigenvalue weighted by Crippen LogP contribution is -2.39. The van der Waals surface area contributed by atoms with Crippen LogP contribution in [0.15, 0.2) is 33.4 Å². The van der Waals surface area contributed by atoms with Gasteiger partial charge in [0.05, 0.1) is 17.5 Å². The number of hydrazone groups is 1. The quantitative estimate of drug-likeness (QED) is 0.649. The molecular weight excluding hydrogens is 421 g/mol. The van der Waals surface area contributed by atoms with Gasteiger partial charge in [-0.25, -0.2) is 4.99 Å². The van der Waals surface area contributed by atoms with E-state index in [9.17, 15) is 18.0 Å². The highest BCUT2D eigenvalue weighted by Crippen LogP contribution is 2.38. The minimum Gasteiger partial charge on any atom is -0.355 e. The molecule has 3 saturated heterocycles. The molecule has 5 heterocycles. The van der Waals surface area contributed by atoms with E-state index in [1.807, 2.05) is 11.2 Å². The smallest absolute Gasteiger partial charge is 0.355 e. The Morgan fingerprint density at radius 2 is 1.91 bits per heavy atom. The van der Waals surface area contributed by atoms with Crippen molar-refractivity contribution in [3.63, 3.8) is 0 Å². The Morgan fingerprint density at radius 1 is 1.09 bits per heavy atom. The van der Waals surface area contributed by atoms with Gasteiger partial charge in [0.2, 0.25) is 5.91 Å². The molecule has 10 heteroatoms. The van der Waals surface area contributed by atoms with Gasteiger partial charge in [-0.1, -0.05) is 0 Å². The molecule has 174 valence electrons. The van der Waals surface area contributed by atoms with Gasteiger partial charge in [0.15, 0.2) is 5.82 Å². The van der Waals surface area contributed by atoms with E-state index in [4.69, 9.17) is 4.99 Å². The first-order valence-corrected chi connectivity index (χ1v) is 11.4. The van der Waals surface area contributed by atoms with Crippen molar-refractivity contribution in [2.75, 3.05) is 46.3 Å². The summed E-state index contributed by atoms with van der Waals surface area (Å²) in [5.41, 5.74) is 2.27. The number of nitrogens with zero attached hydrogens (tertiary/aromatic N) is 6. The SMILES string of the molecule is CN1CCC2=NC3=CCC=NN3C(N3CCC(C(=O)N4CCC(C(F)(F)F)C4)C3)=C2CC1. The predicted octanol–water partition coefficient (Wildman–Crippen LogP) is 2.64. The molecule has 0 N–H and O–H groups in total. The largest absolute Gasteiger partial charge is 0.393 e. The number of allylic oxidation sites excluding steroid dienone is 1. The van der Waals surface area contributed by atoms with Gasteiger partial charge in [-0.3, -0.25) is 4.79 Å². The van der Waals surface area contributed by atoms with E-state index in [0.717, 1.165) is 49.7 Å². The van der Waals surface area contributed by atoms with Crippen LogP contribution in [0.3, 0.4) is 0 Å². The molecule has 5 rings (SSSR count). The molecule has 0 aliphatic carbocycles. The maximum atomic E-state index is 13.1. The number of likely N-dealkylation sites (tertiary alicyclic amines) is 3. The van der Waals surface area contributed by atoms with Crippen molar-refractivity contribution in [2.24, 2.45) is 21.9 Å². The summed E-state index contributed by atoms with van der Waals surface area (Å²) < 4.78 is 39.2. The highest BCUT2D eigenvalue weighted by molar-refractivity contribution is 6.02. The second-order valence-electron chi connectivity index (χ2n) is 9.31. The predicted molar refractivity (Wildman–Crippen MR) is 115 cm³/mol. The molecular formula is C22H29F3N6O. The molecule has 2 atom stereocenters. The first kappa shape index (κ1) is 21.5. The third-order valence-corrected chi connectivity index (χ3v) is 7.16. The number of carbonyl (C=O) groups is 1. The minimum atomic E-state index is -4.23. The van der Waals surface area contributed by atoms with Gasteiger partial charge in [-0.05, 0) is 32.4 Å². The van der Waals surface area contributed by atoms with Crippen LogP contribution in [0, 0.1) is 11.8 Å². The van der Waals surface area contributed by atoms with Crippen LogP contribution in [0.1, 0.15) is 32.1 Å². The first-order valence-electron chi connectivity index (χ1n) is 11.4. The van der Waals surface area contributed by atoms with Crippen LogP contribution in [-0.4, -0.2) is 90.0 Å². The number of aliphatic imine (C=N–C) groups is 1. The fourth-order valence-electron chi connectivity index (χ4n) is 5.29. The normalized spacial score (nSPS) is 29.1. The zero-order valence-corrected chi connectivity index (χ0v) is 18.3. The van der Waals surface area contributed by atoms with Crippen LogP contribution in [0.5, 0.6) is 0 Å². The van der Waals surface area contributed by atoms with E-state index < -0.39 is 12.1 Å². The van der Waals surface area contributed by atoms with Crippen LogP contribution in [-0.2, 0) is 4.79 Å². The highest BCUT2D eigenvalue weighted by atomic mass is 19.4. The first-order chi connectivity index (χ1) is 15.3. The lowest BCUT2D eigenvalue weighted by atomic mass is 10.0. The number of hydrogen-bond acceptors (Lipinski definition) is 6. The summed E-state index contributed by atoms with van der Waals surface area (Å²) in [6.45, 7) is 3.06. The third-order valence-electron chi connectivity index (χ3n) is 7.16. The van der Waals surface area contributed by atoms with Gasteiger partial charge in [-0.15, -0.1) is 0 Å². The topological polar surface area (TPSA) is 54.8 Å². The monoisotopic (exact) mass is 450 g/mol. The zero-order valence-electron chi connectivity index (χ0n) is 18.3. The van der Waals surface area contributed by atoms with Gasteiger partial charge in [0.25, 0.3) is 0 Å². The molecule has 5 aliphatic rings. The fraction of sp³-hybridized carbons (Fsp3) is 0.682. The molecule has 5 aliphatic heterocycles. The molecule has 0 aromatic carbocycles. The van der Waals surface area contributed by atoms with Crippen LogP contribution in [0.4, 0.5) is 13.2 Å². The van der Waals surface area contributed by atoms with Gasteiger partial charge in [-0.2, -0.15) is 23.3 Å². The molecule has 3 fully saturated rings. The summed E-state index contributed by atoms with van der Waals surface area (Å²) in [6.07, 6.45) is 2.80. The number of fused-ring (bicyclic) bond motifs is 2. The maximum absolute atomic E-state index is 13.1. The minimum absolute atomic E-state index is 0.00492. The second-order valence-corrected chi connectivity index (χ2v) is 9.31. The lowest BCUT2D eigenvalue weighted by Gasteiger charge is -2.36. The van der Waals surface area contributed by atoms with Gasteiger partial charge in [0.1, 0.15) is 5.82 Å². The second kappa shape index (κ2) is 8.20. The molecule has 0 aromatic rings. The van der Waals surface area contributed by atoms with Crippen LogP contribution in [0.2, 0.25) is 0 Å². The molecule has 0 saturated carbocycles. The molecule has 32 heavy (non-hydrogen) atoms. The summed E-state index contributed by atoms with van der Waals surface area (Å²) in [5, 5.41) is 6.49. The van der Waals surface area contributed by atoms with Crippen LogP contribution in [0.25, 0.3) is 0 Å². The molecule has 0 spiro atoms. The fourth-order valence-corrected chi connectivity index (χ4v) is 5.29. The average Bonchev–Trinajstić information content (AvgIpc) is 3.41. The van der Waals surface area contributed by atoms with Crippen molar-refractivity contribution >= 4 is 17.8 Å². The number of carbonyl (C=O) groups excluding carboxylic acids is 1. The highest BCUT2D eigenvalue weighted by Gasteiger charge is 2.46. The number of rotatable bonds is 2. The number of halogens is 3. The van der Waals surface area contributed by atoms with Crippen molar-refractivity contribution in [2.45, 2.75) is 38.3 Å². The number of amides is 1. The van der Waals surface area contributed by atoms with E-state index in [0.29, 0.717) is 19.5 Å². The van der Waals surface area contributed by atoms with Crippen LogP contribution < -0.4 is 0 Å². The Kier molecular flexibility index (Phi) is 5.51. The molecule has 0 bridgehead atoms. The third kappa shape index (κ3) is 3.93. The van der Waals surface area contributed by atoms with E-state index in [1.54, 1.807) is 0 Å². The van der Waals surface area contributed by atoms with Crippen molar-refractivity contribution < 1.29 is 18.0 Å². The van der Waals surface area contributed by atoms with Gasteiger partial charge in [0, 0.05) is 63.9 Å².